The number of carbonyl (C=O) groups excluding carboxylic acids is 1. The van der Waals surface area contributed by atoms with Crippen molar-refractivity contribution in [3.8, 4) is 0 Å². The maximum absolute atomic E-state index is 12.8. The molecule has 0 bridgehead atoms. The number of rotatable bonds is 4. The first-order valence-corrected chi connectivity index (χ1v) is 9.43. The molecule has 2 aromatic heterocycles. The molecule has 1 amide bonds. The average Bonchev–Trinajstić information content (AvgIpc) is 2.64. The van der Waals surface area contributed by atoms with Crippen molar-refractivity contribution in [2.45, 2.75) is 45.0 Å². The molecule has 4 heterocycles. The Morgan fingerprint density at radius 1 is 1.30 bits per heavy atom. The Morgan fingerprint density at radius 3 is 2.78 bits per heavy atom. The molecule has 0 aliphatic carbocycles. The van der Waals surface area contributed by atoms with E-state index >= 15 is 0 Å². The van der Waals surface area contributed by atoms with Crippen LogP contribution in [0.25, 0.3) is 0 Å². The van der Waals surface area contributed by atoms with Crippen LogP contribution < -0.4 is 0 Å². The van der Waals surface area contributed by atoms with Gasteiger partial charge in [-0.05, 0) is 44.5 Å². The minimum absolute atomic E-state index is 0.0503. The fourth-order valence-electron chi connectivity index (χ4n) is 3.97. The highest BCUT2D eigenvalue weighted by molar-refractivity contribution is 5.95. The third-order valence-electron chi connectivity index (χ3n) is 5.21. The molecule has 0 N–H and O–H groups in total. The first kappa shape index (κ1) is 18.1. The molecule has 27 heavy (non-hydrogen) atoms. The maximum Gasteiger partial charge on any atom is 0.254 e. The van der Waals surface area contributed by atoms with Gasteiger partial charge in [-0.2, -0.15) is 0 Å². The molecular formula is C21H25N3O3. The van der Waals surface area contributed by atoms with Gasteiger partial charge in [0.15, 0.2) is 0 Å². The lowest BCUT2D eigenvalue weighted by molar-refractivity contribution is -0.188. The van der Waals surface area contributed by atoms with Crippen LogP contribution in [0.1, 0.15) is 40.3 Å². The predicted octanol–water partition coefficient (Wildman–Crippen LogP) is 2.68. The van der Waals surface area contributed by atoms with Crippen LogP contribution >= 0.6 is 0 Å². The van der Waals surface area contributed by atoms with Gasteiger partial charge < -0.3 is 14.4 Å². The summed E-state index contributed by atoms with van der Waals surface area (Å²) in [6.45, 7) is 6.25. The van der Waals surface area contributed by atoms with E-state index in [0.717, 1.165) is 29.9 Å². The topological polar surface area (TPSA) is 64.6 Å². The number of hydrogen-bond donors (Lipinski definition) is 0. The number of carbonyl (C=O) groups is 1. The normalized spacial score (nSPS) is 21.1. The van der Waals surface area contributed by atoms with Crippen molar-refractivity contribution >= 4 is 5.91 Å². The van der Waals surface area contributed by atoms with Crippen LogP contribution in [0.5, 0.6) is 0 Å². The van der Waals surface area contributed by atoms with Crippen molar-refractivity contribution < 1.29 is 14.3 Å². The minimum atomic E-state index is -0.264. The van der Waals surface area contributed by atoms with Crippen molar-refractivity contribution in [2.75, 3.05) is 19.7 Å². The van der Waals surface area contributed by atoms with Gasteiger partial charge >= 0.3 is 0 Å². The molecule has 6 nitrogen and oxygen atoms in total. The second kappa shape index (κ2) is 7.37. The lowest BCUT2D eigenvalue weighted by atomic mass is 9.84. The Morgan fingerprint density at radius 2 is 2.07 bits per heavy atom. The predicted molar refractivity (Wildman–Crippen MR) is 100 cm³/mol. The van der Waals surface area contributed by atoms with E-state index in [9.17, 15) is 4.79 Å². The zero-order valence-corrected chi connectivity index (χ0v) is 15.9. The van der Waals surface area contributed by atoms with E-state index in [1.54, 1.807) is 6.20 Å². The van der Waals surface area contributed by atoms with Gasteiger partial charge in [-0.15, -0.1) is 0 Å². The van der Waals surface area contributed by atoms with E-state index < -0.39 is 0 Å². The van der Waals surface area contributed by atoms with Crippen LogP contribution in [0, 0.1) is 13.8 Å². The SMILES string of the molecule is Cc1cc(C(=O)N2CC3(CC(OCc4ccccn4)CCO3)C2)cc(C)n1. The zero-order chi connectivity index (χ0) is 18.9. The smallest absolute Gasteiger partial charge is 0.254 e. The van der Waals surface area contributed by atoms with Gasteiger partial charge in [-0.25, -0.2) is 0 Å². The summed E-state index contributed by atoms with van der Waals surface area (Å²) < 4.78 is 12.1. The summed E-state index contributed by atoms with van der Waals surface area (Å²) in [5, 5.41) is 0. The van der Waals surface area contributed by atoms with Gasteiger partial charge in [0.1, 0.15) is 5.60 Å². The molecule has 2 saturated heterocycles. The van der Waals surface area contributed by atoms with Gasteiger partial charge in [-0.3, -0.25) is 14.8 Å². The minimum Gasteiger partial charge on any atom is -0.372 e. The molecule has 0 aromatic carbocycles. The molecule has 4 rings (SSSR count). The second-order valence-electron chi connectivity index (χ2n) is 7.58. The van der Waals surface area contributed by atoms with Crippen LogP contribution in [0.2, 0.25) is 0 Å². The largest absolute Gasteiger partial charge is 0.372 e. The summed E-state index contributed by atoms with van der Waals surface area (Å²) in [6, 6.07) is 9.53. The second-order valence-corrected chi connectivity index (χ2v) is 7.58. The number of nitrogens with zero attached hydrogens (tertiary/aromatic N) is 3. The molecule has 1 spiro atoms. The number of aromatic nitrogens is 2. The van der Waals surface area contributed by atoms with Gasteiger partial charge in [0, 0.05) is 36.2 Å². The van der Waals surface area contributed by atoms with E-state index in [-0.39, 0.29) is 17.6 Å². The molecule has 2 aromatic rings. The number of hydrogen-bond acceptors (Lipinski definition) is 5. The third kappa shape index (κ3) is 4.01. The standard InChI is InChI=1S/C21H25N3O3/c1-15-9-17(10-16(2)23-15)20(25)24-13-21(14-24)11-19(6-8-27-21)26-12-18-5-3-4-7-22-18/h3-5,7,9-10,19H,6,8,11-14H2,1-2H3. The quantitative estimate of drug-likeness (QED) is 0.831. The van der Waals surface area contributed by atoms with Crippen LogP contribution in [0.4, 0.5) is 0 Å². The highest BCUT2D eigenvalue weighted by Crippen LogP contribution is 2.36. The molecule has 1 atom stereocenters. The van der Waals surface area contributed by atoms with Crippen LogP contribution in [0.3, 0.4) is 0 Å². The fraction of sp³-hybridized carbons (Fsp3) is 0.476. The van der Waals surface area contributed by atoms with Crippen molar-refractivity contribution in [3.05, 3.63) is 59.2 Å². The Hall–Kier alpha value is -2.31. The molecular weight excluding hydrogens is 342 g/mol. The summed E-state index contributed by atoms with van der Waals surface area (Å²) in [6.07, 6.45) is 3.62. The monoisotopic (exact) mass is 367 g/mol. The Bertz CT molecular complexity index is 798. The highest BCUT2D eigenvalue weighted by Gasteiger charge is 2.49. The fourth-order valence-corrected chi connectivity index (χ4v) is 3.97. The summed E-state index contributed by atoms with van der Waals surface area (Å²) in [7, 11) is 0. The molecule has 0 saturated carbocycles. The van der Waals surface area contributed by atoms with E-state index in [2.05, 4.69) is 9.97 Å². The van der Waals surface area contributed by atoms with Gasteiger partial charge in [0.05, 0.1) is 31.5 Å². The van der Waals surface area contributed by atoms with Crippen molar-refractivity contribution in [3.63, 3.8) is 0 Å². The molecule has 2 aliphatic rings. The summed E-state index contributed by atoms with van der Waals surface area (Å²) in [4.78, 5) is 23.3. The molecule has 0 radical (unpaired) electrons. The molecule has 1 unspecified atom stereocenters. The molecule has 2 aliphatic heterocycles. The molecule has 142 valence electrons. The van der Waals surface area contributed by atoms with Crippen molar-refractivity contribution in [1.82, 2.24) is 14.9 Å². The molecule has 6 heteroatoms. The average molecular weight is 367 g/mol. The highest BCUT2D eigenvalue weighted by atomic mass is 16.5. The molecule has 2 fully saturated rings. The number of aryl methyl sites for hydroxylation is 2. The van der Waals surface area contributed by atoms with Crippen LogP contribution in [0.15, 0.2) is 36.5 Å². The summed E-state index contributed by atoms with van der Waals surface area (Å²) in [5.41, 5.74) is 3.11. The number of likely N-dealkylation sites (tertiary alicyclic amines) is 1. The number of amides is 1. The maximum atomic E-state index is 12.8. The van der Waals surface area contributed by atoms with Gasteiger partial charge in [-0.1, -0.05) is 6.07 Å². The van der Waals surface area contributed by atoms with Gasteiger partial charge in [0.2, 0.25) is 0 Å². The van der Waals surface area contributed by atoms with E-state index in [1.807, 2.05) is 49.1 Å². The summed E-state index contributed by atoms with van der Waals surface area (Å²) in [5.74, 6) is 0.0503. The van der Waals surface area contributed by atoms with E-state index in [4.69, 9.17) is 9.47 Å². The Labute approximate surface area is 159 Å². The van der Waals surface area contributed by atoms with E-state index in [0.29, 0.717) is 31.9 Å². The Balaban J connectivity index is 1.33. The number of pyridine rings is 2. The number of ether oxygens (including phenoxy) is 2. The first-order valence-electron chi connectivity index (χ1n) is 9.43. The third-order valence-corrected chi connectivity index (χ3v) is 5.21. The van der Waals surface area contributed by atoms with Crippen molar-refractivity contribution in [1.29, 1.82) is 0 Å². The lowest BCUT2D eigenvalue weighted by Gasteiger charge is -2.53. The van der Waals surface area contributed by atoms with Crippen LogP contribution in [-0.2, 0) is 16.1 Å². The van der Waals surface area contributed by atoms with Crippen LogP contribution in [-0.4, -0.2) is 52.2 Å². The van der Waals surface area contributed by atoms with Gasteiger partial charge in [0.25, 0.3) is 5.91 Å². The summed E-state index contributed by atoms with van der Waals surface area (Å²) >= 11 is 0. The first-order chi connectivity index (χ1) is 13.0. The van der Waals surface area contributed by atoms with E-state index in [1.165, 1.54) is 0 Å². The zero-order valence-electron chi connectivity index (χ0n) is 15.9. The van der Waals surface area contributed by atoms with Crippen molar-refractivity contribution in [2.24, 2.45) is 0 Å². The Kier molecular flexibility index (Phi) is 4.93. The lowest BCUT2D eigenvalue weighted by Crippen LogP contribution is -2.67.